The normalized spacial score (nSPS) is 24.4. The quantitative estimate of drug-likeness (QED) is 0.400. The Kier molecular flexibility index (Phi) is 7.88. The number of ether oxygens (including phenoxy) is 2. The summed E-state index contributed by atoms with van der Waals surface area (Å²) in [5.41, 5.74) is 6.62. The third-order valence-electron chi connectivity index (χ3n) is 6.30. The lowest BCUT2D eigenvalue weighted by molar-refractivity contribution is -0.137. The summed E-state index contributed by atoms with van der Waals surface area (Å²) in [6.45, 7) is 5.51. The molecule has 36 heavy (non-hydrogen) atoms. The van der Waals surface area contributed by atoms with Crippen LogP contribution in [0, 0.1) is 17.8 Å². The van der Waals surface area contributed by atoms with Gasteiger partial charge in [0, 0.05) is 26.1 Å². The second kappa shape index (κ2) is 11.1. The fourth-order valence-electron chi connectivity index (χ4n) is 4.37. The van der Waals surface area contributed by atoms with Crippen molar-refractivity contribution < 1.29 is 29.3 Å². The number of rotatable bonds is 5. The summed E-state index contributed by atoms with van der Waals surface area (Å²) in [5, 5.41) is 23.5. The summed E-state index contributed by atoms with van der Waals surface area (Å²) >= 11 is 0. The molecule has 0 spiro atoms. The zero-order valence-electron chi connectivity index (χ0n) is 20.3. The van der Waals surface area contributed by atoms with Crippen molar-refractivity contribution in [2.24, 2.45) is 5.92 Å². The number of hydrogen-bond donors (Lipinski definition) is 4. The van der Waals surface area contributed by atoms with Gasteiger partial charge in [-0.3, -0.25) is 9.36 Å². The first-order valence-corrected chi connectivity index (χ1v) is 12.0. The predicted molar refractivity (Wildman–Crippen MR) is 127 cm³/mol. The molecule has 0 aromatic carbocycles. The van der Waals surface area contributed by atoms with E-state index >= 15 is 0 Å². The summed E-state index contributed by atoms with van der Waals surface area (Å²) < 4.78 is 12.1. The summed E-state index contributed by atoms with van der Waals surface area (Å²) in [7, 11) is 0. The van der Waals surface area contributed by atoms with E-state index in [-0.39, 0.29) is 23.4 Å². The second-order valence-electron chi connectivity index (χ2n) is 8.71. The van der Waals surface area contributed by atoms with Crippen molar-refractivity contribution in [1.29, 1.82) is 0 Å². The van der Waals surface area contributed by atoms with Crippen LogP contribution in [0.3, 0.4) is 0 Å². The van der Waals surface area contributed by atoms with E-state index in [1.807, 2.05) is 0 Å². The van der Waals surface area contributed by atoms with Crippen LogP contribution in [0.5, 0.6) is 0 Å². The van der Waals surface area contributed by atoms with E-state index in [0.29, 0.717) is 44.1 Å². The lowest BCUT2D eigenvalue weighted by atomic mass is 9.94. The van der Waals surface area contributed by atoms with Crippen molar-refractivity contribution in [3.8, 4) is 11.8 Å². The average molecular weight is 502 g/mol. The third-order valence-corrected chi connectivity index (χ3v) is 6.30. The molecule has 2 fully saturated rings. The Hall–Kier alpha value is -3.47. The van der Waals surface area contributed by atoms with Crippen LogP contribution in [0.25, 0.3) is 11.2 Å². The number of nitrogens with zero attached hydrogens (tertiary/aromatic N) is 5. The van der Waals surface area contributed by atoms with Crippen LogP contribution < -0.4 is 11.1 Å². The highest BCUT2D eigenvalue weighted by molar-refractivity contribution is 5.83. The molecular weight excluding hydrogens is 470 g/mol. The number of nitrogens with one attached hydrogen (secondary N) is 1. The Morgan fingerprint density at radius 3 is 2.69 bits per heavy atom. The molecule has 194 valence electrons. The molecule has 2 aliphatic heterocycles. The van der Waals surface area contributed by atoms with Gasteiger partial charge in [0.15, 0.2) is 23.8 Å². The van der Waals surface area contributed by atoms with Gasteiger partial charge < -0.3 is 35.6 Å². The maximum Gasteiger partial charge on any atom is 0.409 e. The van der Waals surface area contributed by atoms with Gasteiger partial charge in [-0.1, -0.05) is 5.92 Å². The minimum absolute atomic E-state index is 0.110. The van der Waals surface area contributed by atoms with Crippen LogP contribution in [0.1, 0.15) is 45.2 Å². The molecule has 2 saturated heterocycles. The third kappa shape index (κ3) is 5.20. The van der Waals surface area contributed by atoms with E-state index in [2.05, 4.69) is 32.1 Å². The van der Waals surface area contributed by atoms with Gasteiger partial charge in [0.2, 0.25) is 5.82 Å². The van der Waals surface area contributed by atoms with Crippen LogP contribution in [-0.4, -0.2) is 91.2 Å². The minimum atomic E-state index is -1.42. The highest BCUT2D eigenvalue weighted by Gasteiger charge is 2.47. The van der Waals surface area contributed by atoms with Crippen LogP contribution in [-0.2, 0) is 14.3 Å². The molecule has 13 nitrogen and oxygen atoms in total. The molecule has 0 radical (unpaired) electrons. The van der Waals surface area contributed by atoms with Crippen molar-refractivity contribution in [2.75, 3.05) is 32.0 Å². The second-order valence-corrected chi connectivity index (χ2v) is 8.71. The molecule has 2 amide bonds. The number of carbonyl (C=O) groups excluding carboxylic acids is 2. The summed E-state index contributed by atoms with van der Waals surface area (Å²) in [5.74, 6) is 6.14. The molecule has 0 saturated carbocycles. The highest BCUT2D eigenvalue weighted by Crippen LogP contribution is 2.32. The molecule has 2 aliphatic rings. The SMILES string of the molecule is CCNC(=O)[C@H]1O[C@@H](n2cnc3c(N)nc(C#CCC4CCN(C(=O)OCC)CC4)nc32)[C@@H](O)[C@@H]1O. The Bertz CT molecular complexity index is 1170. The fraction of sp³-hybridized carbons (Fsp3) is 0.609. The number of likely N-dealkylation sites (N-methyl/N-ethyl adjacent to an activating group) is 1. The number of imidazole rings is 1. The van der Waals surface area contributed by atoms with Gasteiger partial charge >= 0.3 is 6.09 Å². The van der Waals surface area contributed by atoms with Crippen LogP contribution in [0.15, 0.2) is 6.33 Å². The van der Waals surface area contributed by atoms with Gasteiger partial charge in [0.05, 0.1) is 12.9 Å². The number of carbonyl (C=O) groups is 2. The number of aliphatic hydroxyl groups is 2. The van der Waals surface area contributed by atoms with Crippen LogP contribution in [0.4, 0.5) is 10.6 Å². The molecule has 13 heteroatoms. The molecule has 2 aromatic heterocycles. The maximum absolute atomic E-state index is 12.2. The van der Waals surface area contributed by atoms with E-state index in [1.165, 1.54) is 10.9 Å². The van der Waals surface area contributed by atoms with Gasteiger partial charge in [0.25, 0.3) is 5.91 Å². The predicted octanol–water partition coefficient (Wildman–Crippen LogP) is -0.226. The van der Waals surface area contributed by atoms with Gasteiger partial charge in [-0.15, -0.1) is 0 Å². The van der Waals surface area contributed by atoms with Crippen molar-refractivity contribution in [1.82, 2.24) is 29.7 Å². The average Bonchev–Trinajstić information content (AvgIpc) is 3.41. The summed E-state index contributed by atoms with van der Waals surface area (Å²) in [6, 6.07) is 0. The molecular formula is C23H31N7O6. The molecule has 5 N–H and O–H groups in total. The lowest BCUT2D eigenvalue weighted by Crippen LogP contribution is -2.42. The largest absolute Gasteiger partial charge is 0.450 e. The smallest absolute Gasteiger partial charge is 0.409 e. The van der Waals surface area contributed by atoms with Gasteiger partial charge in [0.1, 0.15) is 17.7 Å². The number of fused-ring (bicyclic) bond motifs is 1. The number of hydrogen-bond acceptors (Lipinski definition) is 10. The zero-order chi connectivity index (χ0) is 25.8. The van der Waals surface area contributed by atoms with Crippen molar-refractivity contribution in [3.05, 3.63) is 12.2 Å². The number of piperidine rings is 1. The molecule has 0 unspecified atom stereocenters. The summed E-state index contributed by atoms with van der Waals surface area (Å²) in [4.78, 5) is 38.6. The van der Waals surface area contributed by atoms with E-state index in [0.717, 1.165) is 12.8 Å². The van der Waals surface area contributed by atoms with E-state index < -0.39 is 30.4 Å². The number of nitrogen functional groups attached to an aromatic ring is 1. The Balaban J connectivity index is 1.47. The molecule has 4 heterocycles. The minimum Gasteiger partial charge on any atom is -0.450 e. The lowest BCUT2D eigenvalue weighted by Gasteiger charge is -2.30. The Labute approximate surface area is 208 Å². The topological polar surface area (TPSA) is 178 Å². The number of amides is 2. The van der Waals surface area contributed by atoms with E-state index in [4.69, 9.17) is 15.2 Å². The van der Waals surface area contributed by atoms with Gasteiger partial charge in [-0.05, 0) is 38.5 Å². The molecule has 4 atom stereocenters. The number of nitrogens with two attached hydrogens (primary N) is 1. The highest BCUT2D eigenvalue weighted by atomic mass is 16.6. The Morgan fingerprint density at radius 2 is 2.00 bits per heavy atom. The van der Waals surface area contributed by atoms with Crippen molar-refractivity contribution >= 4 is 29.0 Å². The van der Waals surface area contributed by atoms with E-state index in [1.54, 1.807) is 18.7 Å². The number of aliphatic hydroxyl groups excluding tert-OH is 2. The molecule has 2 aromatic rings. The summed E-state index contributed by atoms with van der Waals surface area (Å²) in [6.07, 6.45) is -1.80. The Morgan fingerprint density at radius 1 is 1.25 bits per heavy atom. The molecule has 0 bridgehead atoms. The number of likely N-dealkylation sites (tertiary alicyclic amines) is 1. The molecule has 0 aliphatic carbocycles. The standard InChI is InChI=1S/C23H31N7O6/c1-3-25-21(33)18-16(31)17(32)22(36-18)30-12-26-15-19(24)27-14(28-20(15)30)7-5-6-13-8-10-29(11-9-13)23(34)35-4-2/h12-13,16-18,22,31-32H,3-4,6,8-11H2,1-2H3,(H,25,33)(H2,24,27,28)/t16-,17-,18-,22+/m0/s1. The van der Waals surface area contributed by atoms with Gasteiger partial charge in [-0.2, -0.15) is 0 Å². The maximum atomic E-state index is 12.2. The first-order chi connectivity index (χ1) is 17.3. The van der Waals surface area contributed by atoms with Crippen LogP contribution >= 0.6 is 0 Å². The van der Waals surface area contributed by atoms with Crippen molar-refractivity contribution in [3.63, 3.8) is 0 Å². The van der Waals surface area contributed by atoms with Crippen LogP contribution in [0.2, 0.25) is 0 Å². The molecule has 4 rings (SSSR count). The van der Waals surface area contributed by atoms with Crippen molar-refractivity contribution in [2.45, 2.75) is 57.6 Å². The zero-order valence-corrected chi connectivity index (χ0v) is 20.3. The fourth-order valence-corrected chi connectivity index (χ4v) is 4.37. The first-order valence-electron chi connectivity index (χ1n) is 12.0. The monoisotopic (exact) mass is 501 g/mol. The number of aromatic nitrogens is 4. The van der Waals surface area contributed by atoms with E-state index in [9.17, 15) is 19.8 Å². The first kappa shape index (κ1) is 25.6. The number of anilines is 1. The van der Waals surface area contributed by atoms with Gasteiger partial charge in [-0.25, -0.2) is 19.7 Å².